The quantitative estimate of drug-likeness (QED) is 0.567. The molecule has 1 aliphatic carbocycles. The Morgan fingerprint density at radius 2 is 2.16 bits per heavy atom. The van der Waals surface area contributed by atoms with E-state index >= 15 is 0 Å². The third-order valence-corrected chi connectivity index (χ3v) is 3.73. The van der Waals surface area contributed by atoms with Crippen LogP contribution in [0.3, 0.4) is 0 Å². The van der Waals surface area contributed by atoms with Crippen LogP contribution >= 0.6 is 0 Å². The van der Waals surface area contributed by atoms with Crippen LogP contribution in [0.15, 0.2) is 6.20 Å². The van der Waals surface area contributed by atoms with E-state index in [1.165, 1.54) is 4.90 Å². The molecule has 1 fully saturated rings. The molecule has 19 heavy (non-hydrogen) atoms. The minimum Gasteiger partial charge on any atom is -0.388 e. The highest BCUT2D eigenvalue weighted by atomic mass is 19.1. The van der Waals surface area contributed by atoms with Crippen LogP contribution in [-0.4, -0.2) is 46.3 Å². The van der Waals surface area contributed by atoms with Crippen molar-refractivity contribution in [1.29, 1.82) is 0 Å². The highest BCUT2D eigenvalue weighted by Gasteiger charge is 2.46. The molecule has 0 radical (unpaired) electrons. The Kier molecular flexibility index (Phi) is 2.72. The van der Waals surface area contributed by atoms with Gasteiger partial charge < -0.3 is 26.2 Å². The zero-order valence-electron chi connectivity index (χ0n) is 9.92. The van der Waals surface area contributed by atoms with Gasteiger partial charge in [-0.25, -0.2) is 13.8 Å². The maximum atomic E-state index is 13.9. The number of aliphatic hydroxyl groups is 2. The van der Waals surface area contributed by atoms with Crippen LogP contribution in [0.2, 0.25) is 0 Å². The number of pyridine rings is 1. The summed E-state index contributed by atoms with van der Waals surface area (Å²) >= 11 is 0. The molecule has 0 saturated heterocycles. The van der Waals surface area contributed by atoms with E-state index in [2.05, 4.69) is 10.3 Å². The zero-order valence-corrected chi connectivity index (χ0v) is 9.92. The predicted octanol–water partition coefficient (Wildman–Crippen LogP) is -0.176. The average Bonchev–Trinajstić information content (AvgIpc) is 2.92. The van der Waals surface area contributed by atoms with E-state index in [4.69, 9.17) is 5.73 Å². The third kappa shape index (κ3) is 1.71. The highest BCUT2D eigenvalue weighted by Crippen LogP contribution is 2.41. The van der Waals surface area contributed by atoms with Gasteiger partial charge in [-0.15, -0.1) is 0 Å². The summed E-state index contributed by atoms with van der Waals surface area (Å²) in [5.41, 5.74) is 6.14. The monoisotopic (exact) mass is 272 g/mol. The van der Waals surface area contributed by atoms with Gasteiger partial charge in [0.05, 0.1) is 18.9 Å². The van der Waals surface area contributed by atoms with Crippen LogP contribution in [0.1, 0.15) is 6.42 Å². The number of rotatable bonds is 1. The van der Waals surface area contributed by atoms with E-state index in [-0.39, 0.29) is 24.6 Å². The van der Waals surface area contributed by atoms with Gasteiger partial charge >= 0.3 is 0 Å². The van der Waals surface area contributed by atoms with Crippen molar-refractivity contribution >= 4 is 17.2 Å². The summed E-state index contributed by atoms with van der Waals surface area (Å²) in [5, 5.41) is 22.2. The second-order valence-corrected chi connectivity index (χ2v) is 4.82. The van der Waals surface area contributed by atoms with Gasteiger partial charge in [0.1, 0.15) is 35.6 Å². The summed E-state index contributed by atoms with van der Waals surface area (Å²) in [6.07, 6.45) is -3.32. The second kappa shape index (κ2) is 4.17. The molecule has 104 valence electrons. The fraction of sp³-hybridized carbons (Fsp3) is 0.545. The Bertz CT molecular complexity index is 516. The summed E-state index contributed by atoms with van der Waals surface area (Å²) in [6, 6.07) is -0.699. The predicted molar refractivity (Wildman–Crippen MR) is 64.9 cm³/mol. The lowest BCUT2D eigenvalue weighted by Gasteiger charge is -2.28. The van der Waals surface area contributed by atoms with Crippen molar-refractivity contribution in [2.24, 2.45) is 0 Å². The number of aromatic nitrogens is 1. The Morgan fingerprint density at radius 3 is 2.79 bits per heavy atom. The zero-order chi connectivity index (χ0) is 13.7. The number of hydrogen-bond donors (Lipinski definition) is 4. The van der Waals surface area contributed by atoms with E-state index in [9.17, 15) is 19.0 Å². The molecule has 0 unspecified atom stereocenters. The summed E-state index contributed by atoms with van der Waals surface area (Å²) in [7, 11) is 0. The smallest absolute Gasteiger partial charge is 0.167 e. The number of fused-ring (bicyclic) bond motifs is 1. The molecule has 1 aliphatic heterocycles. The van der Waals surface area contributed by atoms with Gasteiger partial charge in [0.25, 0.3) is 0 Å². The molecule has 2 heterocycles. The summed E-state index contributed by atoms with van der Waals surface area (Å²) < 4.78 is 27.3. The van der Waals surface area contributed by atoms with Crippen molar-refractivity contribution in [2.45, 2.75) is 30.8 Å². The van der Waals surface area contributed by atoms with Crippen LogP contribution in [0, 0.1) is 5.82 Å². The van der Waals surface area contributed by atoms with Gasteiger partial charge in [-0.1, -0.05) is 0 Å². The van der Waals surface area contributed by atoms with Crippen molar-refractivity contribution in [3.63, 3.8) is 0 Å². The Labute approximate surface area is 107 Å². The first kappa shape index (κ1) is 12.4. The Balaban J connectivity index is 1.97. The van der Waals surface area contributed by atoms with Crippen LogP contribution in [0.5, 0.6) is 0 Å². The molecule has 0 amide bonds. The van der Waals surface area contributed by atoms with E-state index in [1.807, 2.05) is 0 Å². The molecular formula is C11H14F2N4O2. The van der Waals surface area contributed by atoms with Crippen LogP contribution in [0.4, 0.5) is 26.0 Å². The number of halogens is 2. The highest BCUT2D eigenvalue weighted by molar-refractivity contribution is 5.83. The molecular weight excluding hydrogens is 258 g/mol. The normalized spacial score (nSPS) is 33.4. The van der Waals surface area contributed by atoms with Crippen molar-refractivity contribution in [2.75, 3.05) is 22.6 Å². The molecule has 1 aromatic heterocycles. The Hall–Kier alpha value is -1.67. The molecule has 5 N–H and O–H groups in total. The molecule has 4 atom stereocenters. The topological polar surface area (TPSA) is 94.6 Å². The molecule has 0 bridgehead atoms. The minimum absolute atomic E-state index is 0.0644. The number of nitrogens with two attached hydrogens (primary N) is 1. The van der Waals surface area contributed by atoms with Crippen molar-refractivity contribution in [3.8, 4) is 0 Å². The summed E-state index contributed by atoms with van der Waals surface area (Å²) in [5.74, 6) is -0.457. The molecule has 6 nitrogen and oxygen atoms in total. The maximum absolute atomic E-state index is 13.9. The number of hydrogen-bond acceptors (Lipinski definition) is 6. The van der Waals surface area contributed by atoms with Gasteiger partial charge in [-0.3, -0.25) is 0 Å². The molecule has 2 aliphatic rings. The lowest BCUT2D eigenvalue weighted by Crippen LogP contribution is -2.43. The van der Waals surface area contributed by atoms with Crippen LogP contribution < -0.4 is 16.0 Å². The molecule has 1 aromatic rings. The lowest BCUT2D eigenvalue weighted by atomic mass is 10.1. The molecule has 0 spiro atoms. The maximum Gasteiger partial charge on any atom is 0.167 e. The third-order valence-electron chi connectivity index (χ3n) is 3.73. The first-order chi connectivity index (χ1) is 9.00. The van der Waals surface area contributed by atoms with Gasteiger partial charge in [0.2, 0.25) is 0 Å². The van der Waals surface area contributed by atoms with E-state index in [1.54, 1.807) is 0 Å². The lowest BCUT2D eigenvalue weighted by molar-refractivity contribution is 0.00566. The van der Waals surface area contributed by atoms with Gasteiger partial charge in [0, 0.05) is 6.42 Å². The standard InChI is InChI=1S/C11H14F2N4O2/c12-4-1-6(10(19)9(4)18)17-3-16-7-8(17)5(13)2-15-11(7)14/h2,4,6,9-10,16,18-19H,1,3H2,(H2,14,15)/t4-,6+,9+,10-/m0/s1. The first-order valence-corrected chi connectivity index (χ1v) is 5.95. The van der Waals surface area contributed by atoms with Crippen molar-refractivity contribution in [3.05, 3.63) is 12.0 Å². The van der Waals surface area contributed by atoms with Gasteiger partial charge in [0.15, 0.2) is 5.82 Å². The second-order valence-electron chi connectivity index (χ2n) is 4.82. The summed E-state index contributed by atoms with van der Waals surface area (Å²) in [6.45, 7) is 0.184. The fourth-order valence-corrected chi connectivity index (χ4v) is 2.74. The largest absolute Gasteiger partial charge is 0.388 e. The molecule has 3 rings (SSSR count). The van der Waals surface area contributed by atoms with Gasteiger partial charge in [-0.05, 0) is 0 Å². The first-order valence-electron chi connectivity index (χ1n) is 5.95. The summed E-state index contributed by atoms with van der Waals surface area (Å²) in [4.78, 5) is 5.17. The molecule has 8 heteroatoms. The molecule has 0 aromatic carbocycles. The number of anilines is 3. The Morgan fingerprint density at radius 1 is 1.42 bits per heavy atom. The number of nitrogens with one attached hydrogen (secondary N) is 1. The van der Waals surface area contributed by atoms with Gasteiger partial charge in [-0.2, -0.15) is 0 Å². The van der Waals surface area contributed by atoms with Crippen LogP contribution in [-0.2, 0) is 0 Å². The number of alkyl halides is 1. The van der Waals surface area contributed by atoms with Crippen molar-refractivity contribution in [1.82, 2.24) is 4.98 Å². The average molecular weight is 272 g/mol. The van der Waals surface area contributed by atoms with E-state index in [0.29, 0.717) is 5.69 Å². The number of aliphatic hydroxyl groups excluding tert-OH is 2. The number of nitrogens with zero attached hydrogens (tertiary/aromatic N) is 2. The number of nitrogen functional groups attached to an aromatic ring is 1. The SMILES string of the molecule is Nc1ncc(F)c2c1NCN2[C@@H]1C[C@H](F)[C@@H](O)[C@H]1O. The fourth-order valence-electron chi connectivity index (χ4n) is 2.74. The van der Waals surface area contributed by atoms with E-state index in [0.717, 1.165) is 6.20 Å². The minimum atomic E-state index is -1.52. The molecule has 1 saturated carbocycles. The van der Waals surface area contributed by atoms with E-state index < -0.39 is 30.2 Å². The van der Waals surface area contributed by atoms with Crippen molar-refractivity contribution < 1.29 is 19.0 Å². The van der Waals surface area contributed by atoms with Crippen LogP contribution in [0.25, 0.3) is 0 Å².